The van der Waals surface area contributed by atoms with Crippen LogP contribution in [0.4, 0.5) is 10.1 Å². The first-order valence-corrected chi connectivity index (χ1v) is 8.94. The van der Waals surface area contributed by atoms with Gasteiger partial charge in [-0.2, -0.15) is 0 Å². The van der Waals surface area contributed by atoms with Gasteiger partial charge >= 0.3 is 0 Å². The van der Waals surface area contributed by atoms with E-state index < -0.39 is 15.7 Å². The SMILES string of the molecule is Cc1cc(CNc2cc(S(C)(=O)=O)ccc2F)ccc1Br. The topological polar surface area (TPSA) is 46.2 Å². The number of benzene rings is 2. The van der Waals surface area contributed by atoms with Gasteiger partial charge in [-0.05, 0) is 42.3 Å². The van der Waals surface area contributed by atoms with E-state index in [-0.39, 0.29) is 10.6 Å². The van der Waals surface area contributed by atoms with Crippen LogP contribution in [0.1, 0.15) is 11.1 Å². The van der Waals surface area contributed by atoms with Crippen LogP contribution in [0, 0.1) is 12.7 Å². The molecule has 0 saturated carbocycles. The minimum absolute atomic E-state index is 0.0957. The molecule has 0 amide bonds. The second-order valence-electron chi connectivity index (χ2n) is 4.85. The standard InChI is InChI=1S/C15H15BrFNO2S/c1-10-7-11(3-5-13(10)16)9-18-15-8-12(21(2,19)20)4-6-14(15)17/h3-8,18H,9H2,1-2H3. The highest BCUT2D eigenvalue weighted by atomic mass is 79.9. The fourth-order valence-electron chi connectivity index (χ4n) is 1.88. The molecule has 0 aliphatic carbocycles. The number of anilines is 1. The van der Waals surface area contributed by atoms with Gasteiger partial charge in [-0.15, -0.1) is 0 Å². The predicted octanol–water partition coefficient (Wildman–Crippen LogP) is 3.91. The molecule has 3 nitrogen and oxygen atoms in total. The van der Waals surface area contributed by atoms with Gasteiger partial charge in [0.05, 0.1) is 10.6 Å². The number of rotatable bonds is 4. The van der Waals surface area contributed by atoms with E-state index in [9.17, 15) is 12.8 Å². The molecule has 0 unspecified atom stereocenters. The Bertz CT molecular complexity index is 775. The maximum absolute atomic E-state index is 13.7. The quantitative estimate of drug-likeness (QED) is 0.828. The second-order valence-corrected chi connectivity index (χ2v) is 7.72. The molecular formula is C15H15BrFNO2S. The average Bonchev–Trinajstić information content (AvgIpc) is 2.40. The Morgan fingerprint density at radius 3 is 2.52 bits per heavy atom. The van der Waals surface area contributed by atoms with Crippen molar-refractivity contribution in [2.24, 2.45) is 0 Å². The van der Waals surface area contributed by atoms with E-state index >= 15 is 0 Å². The van der Waals surface area contributed by atoms with Gasteiger partial charge in [0, 0.05) is 17.3 Å². The smallest absolute Gasteiger partial charge is 0.175 e. The van der Waals surface area contributed by atoms with Crippen LogP contribution in [0.5, 0.6) is 0 Å². The number of hydrogen-bond acceptors (Lipinski definition) is 3. The van der Waals surface area contributed by atoms with E-state index in [1.807, 2.05) is 25.1 Å². The molecule has 0 aliphatic rings. The van der Waals surface area contributed by atoms with Crippen molar-refractivity contribution in [1.29, 1.82) is 0 Å². The highest BCUT2D eigenvalue weighted by molar-refractivity contribution is 9.10. The molecule has 0 spiro atoms. The van der Waals surface area contributed by atoms with E-state index in [0.717, 1.165) is 27.9 Å². The molecule has 0 heterocycles. The van der Waals surface area contributed by atoms with Gasteiger partial charge in [0.1, 0.15) is 5.82 Å². The fraction of sp³-hybridized carbons (Fsp3) is 0.200. The van der Waals surface area contributed by atoms with Gasteiger partial charge in [0.2, 0.25) is 0 Å². The highest BCUT2D eigenvalue weighted by Crippen LogP contribution is 2.21. The van der Waals surface area contributed by atoms with Crippen LogP contribution in [-0.4, -0.2) is 14.7 Å². The van der Waals surface area contributed by atoms with Gasteiger partial charge in [0.15, 0.2) is 9.84 Å². The third-order valence-corrected chi connectivity index (χ3v) is 5.07. The number of halogens is 2. The Hall–Kier alpha value is -1.40. The van der Waals surface area contributed by atoms with Gasteiger partial charge in [-0.1, -0.05) is 28.1 Å². The summed E-state index contributed by atoms with van der Waals surface area (Å²) < 4.78 is 37.7. The Morgan fingerprint density at radius 1 is 1.19 bits per heavy atom. The molecule has 2 rings (SSSR count). The molecule has 0 radical (unpaired) electrons. The van der Waals surface area contributed by atoms with Crippen LogP contribution in [0.2, 0.25) is 0 Å². The molecule has 0 fully saturated rings. The van der Waals surface area contributed by atoms with Crippen molar-refractivity contribution in [3.63, 3.8) is 0 Å². The molecule has 2 aromatic carbocycles. The third kappa shape index (κ3) is 4.04. The van der Waals surface area contributed by atoms with Crippen molar-refractivity contribution in [3.8, 4) is 0 Å². The zero-order valence-electron chi connectivity index (χ0n) is 11.7. The van der Waals surface area contributed by atoms with Crippen molar-refractivity contribution in [1.82, 2.24) is 0 Å². The lowest BCUT2D eigenvalue weighted by molar-refractivity contribution is 0.600. The lowest BCUT2D eigenvalue weighted by Gasteiger charge is -2.10. The summed E-state index contributed by atoms with van der Waals surface area (Å²) in [5.74, 6) is -0.476. The summed E-state index contributed by atoms with van der Waals surface area (Å²) in [6, 6.07) is 9.56. The number of hydrogen-bond donors (Lipinski definition) is 1. The van der Waals surface area contributed by atoms with Crippen molar-refractivity contribution in [3.05, 3.63) is 57.8 Å². The zero-order chi connectivity index (χ0) is 15.6. The summed E-state index contributed by atoms with van der Waals surface area (Å²) >= 11 is 3.42. The van der Waals surface area contributed by atoms with Crippen LogP contribution < -0.4 is 5.32 Å². The van der Waals surface area contributed by atoms with Gasteiger partial charge < -0.3 is 5.32 Å². The summed E-state index contributed by atoms with van der Waals surface area (Å²) in [6.45, 7) is 2.39. The van der Waals surface area contributed by atoms with Crippen LogP contribution in [0.15, 0.2) is 45.8 Å². The lowest BCUT2D eigenvalue weighted by atomic mass is 10.1. The first-order chi connectivity index (χ1) is 9.77. The first kappa shape index (κ1) is 16.0. The van der Waals surface area contributed by atoms with E-state index in [0.29, 0.717) is 6.54 Å². The van der Waals surface area contributed by atoms with Crippen molar-refractivity contribution in [2.45, 2.75) is 18.4 Å². The van der Waals surface area contributed by atoms with Gasteiger partial charge in [-0.25, -0.2) is 12.8 Å². The Kier molecular flexibility index (Phi) is 4.68. The normalized spacial score (nSPS) is 11.4. The molecule has 6 heteroatoms. The van der Waals surface area contributed by atoms with Crippen molar-refractivity contribution >= 4 is 31.5 Å². The minimum atomic E-state index is -3.35. The van der Waals surface area contributed by atoms with Gasteiger partial charge in [0.25, 0.3) is 0 Å². The summed E-state index contributed by atoms with van der Waals surface area (Å²) in [6.07, 6.45) is 1.10. The highest BCUT2D eigenvalue weighted by Gasteiger charge is 2.11. The fourth-order valence-corrected chi connectivity index (χ4v) is 2.78. The molecule has 0 saturated heterocycles. The van der Waals surface area contributed by atoms with E-state index in [1.165, 1.54) is 12.1 Å². The molecule has 2 aromatic rings. The molecule has 112 valence electrons. The Labute approximate surface area is 132 Å². The Balaban J connectivity index is 2.21. The number of sulfone groups is 1. The maximum Gasteiger partial charge on any atom is 0.175 e. The molecule has 1 N–H and O–H groups in total. The van der Waals surface area contributed by atoms with E-state index in [2.05, 4.69) is 21.2 Å². The van der Waals surface area contributed by atoms with Crippen LogP contribution in [-0.2, 0) is 16.4 Å². The average molecular weight is 372 g/mol. The van der Waals surface area contributed by atoms with Crippen molar-refractivity contribution in [2.75, 3.05) is 11.6 Å². The maximum atomic E-state index is 13.7. The first-order valence-electron chi connectivity index (χ1n) is 6.26. The lowest BCUT2D eigenvalue weighted by Crippen LogP contribution is -2.04. The molecular weight excluding hydrogens is 357 g/mol. The van der Waals surface area contributed by atoms with Crippen molar-refractivity contribution < 1.29 is 12.8 Å². The summed E-state index contributed by atoms with van der Waals surface area (Å²) in [5.41, 5.74) is 2.25. The third-order valence-electron chi connectivity index (χ3n) is 3.07. The molecule has 0 aromatic heterocycles. The number of aryl methyl sites for hydroxylation is 1. The van der Waals surface area contributed by atoms with E-state index in [4.69, 9.17) is 0 Å². The minimum Gasteiger partial charge on any atom is -0.379 e. The van der Waals surface area contributed by atoms with Crippen LogP contribution in [0.3, 0.4) is 0 Å². The molecule has 0 atom stereocenters. The Morgan fingerprint density at radius 2 is 1.90 bits per heavy atom. The summed E-state index contributed by atoms with van der Waals surface area (Å²) in [4.78, 5) is 0.0957. The largest absolute Gasteiger partial charge is 0.379 e. The van der Waals surface area contributed by atoms with Crippen LogP contribution >= 0.6 is 15.9 Å². The molecule has 0 aliphatic heterocycles. The van der Waals surface area contributed by atoms with Crippen LogP contribution in [0.25, 0.3) is 0 Å². The van der Waals surface area contributed by atoms with E-state index in [1.54, 1.807) is 0 Å². The molecule has 0 bridgehead atoms. The zero-order valence-corrected chi connectivity index (χ0v) is 14.1. The second kappa shape index (κ2) is 6.15. The van der Waals surface area contributed by atoms with Gasteiger partial charge in [-0.3, -0.25) is 0 Å². The summed E-state index contributed by atoms with van der Waals surface area (Å²) in [7, 11) is -3.35. The molecule has 21 heavy (non-hydrogen) atoms. The summed E-state index contributed by atoms with van der Waals surface area (Å²) in [5, 5.41) is 2.93. The predicted molar refractivity (Wildman–Crippen MR) is 85.7 cm³/mol. The number of nitrogens with one attached hydrogen (secondary N) is 1. The monoisotopic (exact) mass is 371 g/mol.